The lowest BCUT2D eigenvalue weighted by molar-refractivity contribution is 0.153. The van der Waals surface area contributed by atoms with Gasteiger partial charge in [0.15, 0.2) is 5.65 Å². The van der Waals surface area contributed by atoms with Gasteiger partial charge in [0.2, 0.25) is 0 Å². The van der Waals surface area contributed by atoms with Gasteiger partial charge in [-0.25, -0.2) is 13.8 Å². The lowest BCUT2D eigenvalue weighted by Gasteiger charge is -1.93. The van der Waals surface area contributed by atoms with E-state index in [1.807, 2.05) is 0 Å². The number of halogens is 2. The molecule has 2 N–H and O–H groups in total. The zero-order chi connectivity index (χ0) is 9.42. The summed E-state index contributed by atoms with van der Waals surface area (Å²) in [6.07, 6.45) is 0.194. The highest BCUT2D eigenvalue weighted by Gasteiger charge is 2.15. The van der Waals surface area contributed by atoms with E-state index in [4.69, 9.17) is 5.84 Å². The van der Waals surface area contributed by atoms with Crippen molar-refractivity contribution < 1.29 is 8.78 Å². The Hall–Kier alpha value is -1.65. The van der Waals surface area contributed by atoms with E-state index in [9.17, 15) is 8.78 Å². The molecule has 0 aliphatic heterocycles. The molecule has 0 aliphatic rings. The maximum Gasteiger partial charge on any atom is 0.266 e. The van der Waals surface area contributed by atoms with E-state index < -0.39 is 6.43 Å². The lowest BCUT2D eigenvalue weighted by atomic mass is 10.2. The predicted octanol–water partition coefficient (Wildman–Crippen LogP) is 1.69. The first-order valence-corrected chi connectivity index (χ1v) is 3.69. The molecular weight excluding hydrogens is 176 g/mol. The van der Waals surface area contributed by atoms with E-state index in [2.05, 4.69) is 4.98 Å². The molecule has 0 spiro atoms. The van der Waals surface area contributed by atoms with Crippen LogP contribution in [0.5, 0.6) is 0 Å². The molecule has 2 aromatic rings. The summed E-state index contributed by atoms with van der Waals surface area (Å²) in [5, 5.41) is 0.403. The fourth-order valence-corrected chi connectivity index (χ4v) is 1.28. The first-order chi connectivity index (χ1) is 6.20. The molecule has 0 fully saturated rings. The fourth-order valence-electron chi connectivity index (χ4n) is 1.28. The summed E-state index contributed by atoms with van der Waals surface area (Å²) in [7, 11) is 0. The van der Waals surface area contributed by atoms with Crippen LogP contribution in [0.4, 0.5) is 8.78 Å². The third-order valence-electron chi connectivity index (χ3n) is 1.86. The van der Waals surface area contributed by atoms with E-state index >= 15 is 0 Å². The monoisotopic (exact) mass is 183 g/mol. The minimum Gasteiger partial charge on any atom is -0.338 e. The molecule has 0 saturated heterocycles. The van der Waals surface area contributed by atoms with Gasteiger partial charge in [-0.2, -0.15) is 0 Å². The number of pyridine rings is 1. The summed E-state index contributed by atoms with van der Waals surface area (Å²) in [5.41, 5.74) is 0.295. The van der Waals surface area contributed by atoms with E-state index in [0.717, 1.165) is 4.68 Å². The summed E-state index contributed by atoms with van der Waals surface area (Å²) < 4.78 is 25.9. The third-order valence-corrected chi connectivity index (χ3v) is 1.86. The van der Waals surface area contributed by atoms with Gasteiger partial charge in [0, 0.05) is 23.3 Å². The second-order valence-corrected chi connectivity index (χ2v) is 2.67. The van der Waals surface area contributed by atoms with Crippen molar-refractivity contribution in [2.24, 2.45) is 0 Å². The Morgan fingerprint density at radius 3 is 2.92 bits per heavy atom. The summed E-state index contributed by atoms with van der Waals surface area (Å²) in [6.45, 7) is 0. The summed E-state index contributed by atoms with van der Waals surface area (Å²) in [6, 6.07) is 3.18. The van der Waals surface area contributed by atoms with Crippen LogP contribution < -0.4 is 5.84 Å². The fraction of sp³-hybridized carbons (Fsp3) is 0.125. The van der Waals surface area contributed by atoms with Gasteiger partial charge >= 0.3 is 0 Å². The highest BCUT2D eigenvalue weighted by molar-refractivity contribution is 5.80. The molecule has 2 aromatic heterocycles. The van der Waals surface area contributed by atoms with Crippen LogP contribution in [0, 0.1) is 0 Å². The molecule has 0 aliphatic carbocycles. The van der Waals surface area contributed by atoms with Gasteiger partial charge in [-0.1, -0.05) is 0 Å². The Morgan fingerprint density at radius 2 is 2.23 bits per heavy atom. The molecule has 68 valence electrons. The molecule has 0 atom stereocenters. The maximum absolute atomic E-state index is 12.4. The van der Waals surface area contributed by atoms with Crippen molar-refractivity contribution in [2.45, 2.75) is 6.43 Å². The maximum atomic E-state index is 12.4. The van der Waals surface area contributed by atoms with Gasteiger partial charge in [0.25, 0.3) is 6.43 Å². The van der Waals surface area contributed by atoms with E-state index in [-0.39, 0.29) is 5.56 Å². The van der Waals surface area contributed by atoms with Crippen LogP contribution in [0.1, 0.15) is 12.0 Å². The number of aromatic nitrogens is 2. The largest absolute Gasteiger partial charge is 0.338 e. The molecule has 5 heteroatoms. The number of nitrogens with zero attached hydrogens (tertiary/aromatic N) is 2. The molecule has 2 heterocycles. The summed E-state index contributed by atoms with van der Waals surface area (Å²) in [4.78, 5) is 3.89. The molecule has 0 unspecified atom stereocenters. The van der Waals surface area contributed by atoms with Gasteiger partial charge in [-0.05, 0) is 12.1 Å². The quantitative estimate of drug-likeness (QED) is 0.683. The number of rotatable bonds is 1. The minimum atomic E-state index is -2.52. The molecule has 0 bridgehead atoms. The molecule has 0 saturated carbocycles. The van der Waals surface area contributed by atoms with Gasteiger partial charge in [-0.15, -0.1) is 0 Å². The van der Waals surface area contributed by atoms with Gasteiger partial charge in [-0.3, -0.25) is 4.68 Å². The predicted molar refractivity (Wildman–Crippen MR) is 44.8 cm³/mol. The lowest BCUT2D eigenvalue weighted by Crippen LogP contribution is -2.06. The second kappa shape index (κ2) is 2.69. The van der Waals surface area contributed by atoms with Crippen LogP contribution in [0.15, 0.2) is 24.5 Å². The number of fused-ring (bicyclic) bond motifs is 1. The van der Waals surface area contributed by atoms with Gasteiger partial charge in [0.05, 0.1) is 0 Å². The van der Waals surface area contributed by atoms with Crippen molar-refractivity contribution in [3.63, 3.8) is 0 Å². The molecule has 0 radical (unpaired) electrons. The summed E-state index contributed by atoms with van der Waals surface area (Å²) in [5.74, 6) is 5.44. The Kier molecular flexibility index (Phi) is 1.65. The van der Waals surface area contributed by atoms with Crippen LogP contribution in [0.3, 0.4) is 0 Å². The Morgan fingerprint density at radius 1 is 1.46 bits per heavy atom. The van der Waals surface area contributed by atoms with Crippen molar-refractivity contribution in [2.75, 3.05) is 5.84 Å². The Balaban J connectivity index is 2.78. The first kappa shape index (κ1) is 7.97. The molecule has 0 aromatic carbocycles. The van der Waals surface area contributed by atoms with Crippen LogP contribution in [-0.2, 0) is 0 Å². The highest BCUT2D eigenvalue weighted by Crippen LogP contribution is 2.26. The van der Waals surface area contributed by atoms with Crippen molar-refractivity contribution in [1.29, 1.82) is 0 Å². The Labute approximate surface area is 72.8 Å². The van der Waals surface area contributed by atoms with Crippen LogP contribution in [-0.4, -0.2) is 9.66 Å². The van der Waals surface area contributed by atoms with Crippen LogP contribution in [0.2, 0.25) is 0 Å². The average Bonchev–Trinajstić information content (AvgIpc) is 2.45. The minimum absolute atomic E-state index is 0.0781. The van der Waals surface area contributed by atoms with Crippen molar-refractivity contribution in [3.05, 3.63) is 30.1 Å². The standard InChI is InChI=1S/C8H7F2N3/c9-7(10)6-4-13(11)8-5(6)2-1-3-12-8/h1-4,7H,11H2. The molecule has 13 heavy (non-hydrogen) atoms. The van der Waals surface area contributed by atoms with Crippen molar-refractivity contribution in [1.82, 2.24) is 9.66 Å². The zero-order valence-electron chi connectivity index (χ0n) is 6.61. The zero-order valence-corrected chi connectivity index (χ0v) is 6.61. The van der Waals surface area contributed by atoms with Crippen LogP contribution >= 0.6 is 0 Å². The third kappa shape index (κ3) is 1.12. The molecular formula is C8H7F2N3. The first-order valence-electron chi connectivity index (χ1n) is 3.69. The Bertz CT molecular complexity index is 436. The van der Waals surface area contributed by atoms with E-state index in [0.29, 0.717) is 11.0 Å². The van der Waals surface area contributed by atoms with E-state index in [1.165, 1.54) is 12.4 Å². The second-order valence-electron chi connectivity index (χ2n) is 2.67. The van der Waals surface area contributed by atoms with Crippen LogP contribution in [0.25, 0.3) is 11.0 Å². The van der Waals surface area contributed by atoms with Crippen molar-refractivity contribution >= 4 is 11.0 Å². The van der Waals surface area contributed by atoms with Crippen molar-refractivity contribution in [3.8, 4) is 0 Å². The topological polar surface area (TPSA) is 43.8 Å². The van der Waals surface area contributed by atoms with Gasteiger partial charge in [0.1, 0.15) is 0 Å². The smallest absolute Gasteiger partial charge is 0.266 e. The number of nitrogens with two attached hydrogens (primary N) is 1. The molecule has 2 rings (SSSR count). The van der Waals surface area contributed by atoms with E-state index in [1.54, 1.807) is 12.1 Å². The van der Waals surface area contributed by atoms with Gasteiger partial charge < -0.3 is 5.84 Å². The SMILES string of the molecule is Nn1cc(C(F)F)c2cccnc21. The number of nitrogen functional groups attached to an aromatic ring is 1. The number of hydrogen-bond donors (Lipinski definition) is 1. The number of hydrogen-bond acceptors (Lipinski definition) is 2. The average molecular weight is 183 g/mol. The summed E-state index contributed by atoms with van der Waals surface area (Å²) >= 11 is 0. The normalized spacial score (nSPS) is 11.3. The number of alkyl halides is 2. The molecule has 3 nitrogen and oxygen atoms in total. The highest BCUT2D eigenvalue weighted by atomic mass is 19.3. The molecule has 0 amide bonds.